The van der Waals surface area contributed by atoms with Crippen molar-refractivity contribution in [3.05, 3.63) is 36.5 Å². The number of nitrogens with zero attached hydrogens (tertiary/aromatic N) is 1. The highest BCUT2D eigenvalue weighted by Gasteiger charge is 2.00. The molecule has 0 radical (unpaired) electrons. The fraction of sp³-hybridized carbons (Fsp3) is 0. The van der Waals surface area contributed by atoms with Gasteiger partial charge in [-0.1, -0.05) is 24.3 Å². The Bertz CT molecular complexity index is 498. The van der Waals surface area contributed by atoms with Crippen LogP contribution in [0.4, 0.5) is 10.6 Å². The van der Waals surface area contributed by atoms with Crippen LogP contribution in [0.15, 0.2) is 36.5 Å². The number of rotatable bonds is 1. The van der Waals surface area contributed by atoms with Crippen molar-refractivity contribution in [1.29, 1.82) is 0 Å². The average Bonchev–Trinajstić information content (AvgIpc) is 2.29. The molecule has 76 valence electrons. The van der Waals surface area contributed by atoms with Gasteiger partial charge in [-0.05, 0) is 11.5 Å². The molecule has 1 heterocycles. The summed E-state index contributed by atoms with van der Waals surface area (Å²) in [6, 6.07) is 9.05. The minimum Gasteiger partial charge on any atom is -0.291 e. The van der Waals surface area contributed by atoms with Gasteiger partial charge in [-0.15, -0.1) is 0 Å². The van der Waals surface area contributed by atoms with Gasteiger partial charge in [0.05, 0.1) is 0 Å². The molecule has 0 atom stereocenters. The van der Waals surface area contributed by atoms with Crippen LogP contribution in [-0.4, -0.2) is 11.0 Å². The summed E-state index contributed by atoms with van der Waals surface area (Å²) in [5.41, 5.74) is 1.97. The lowest BCUT2D eigenvalue weighted by atomic mass is 10.2. The number of nitrogens with two attached hydrogens (primary N) is 1. The summed E-state index contributed by atoms with van der Waals surface area (Å²) in [6.07, 6.45) is 1.70. The van der Waals surface area contributed by atoms with Gasteiger partial charge in [0, 0.05) is 11.6 Å². The first-order valence-corrected chi connectivity index (χ1v) is 4.42. The number of fused-ring (bicyclic) bond motifs is 1. The van der Waals surface area contributed by atoms with Crippen LogP contribution in [0.2, 0.25) is 0 Å². The van der Waals surface area contributed by atoms with E-state index in [9.17, 15) is 4.79 Å². The van der Waals surface area contributed by atoms with E-state index in [1.165, 1.54) is 0 Å². The van der Waals surface area contributed by atoms with Crippen LogP contribution < -0.4 is 16.6 Å². The van der Waals surface area contributed by atoms with E-state index in [1.54, 1.807) is 12.3 Å². The maximum atomic E-state index is 10.9. The molecule has 1 aromatic carbocycles. The van der Waals surface area contributed by atoms with Crippen molar-refractivity contribution in [2.24, 2.45) is 5.84 Å². The Balaban J connectivity index is 2.34. The fourth-order valence-corrected chi connectivity index (χ4v) is 1.30. The lowest BCUT2D eigenvalue weighted by molar-refractivity contribution is 0.252. The van der Waals surface area contributed by atoms with Crippen LogP contribution in [0.5, 0.6) is 0 Å². The van der Waals surface area contributed by atoms with Crippen LogP contribution >= 0.6 is 0 Å². The minimum atomic E-state index is -0.488. The number of benzene rings is 1. The summed E-state index contributed by atoms with van der Waals surface area (Å²) in [5.74, 6) is 5.41. The van der Waals surface area contributed by atoms with Crippen molar-refractivity contribution in [3.63, 3.8) is 0 Å². The molecule has 5 heteroatoms. The molecule has 0 aliphatic carbocycles. The van der Waals surface area contributed by atoms with Gasteiger partial charge in [0.25, 0.3) is 0 Å². The number of nitrogens with one attached hydrogen (secondary N) is 2. The number of hydrazine groups is 1. The highest BCUT2D eigenvalue weighted by Crippen LogP contribution is 2.15. The molecule has 4 N–H and O–H groups in total. The predicted molar refractivity (Wildman–Crippen MR) is 58.1 cm³/mol. The largest absolute Gasteiger partial charge is 0.334 e. The highest BCUT2D eigenvalue weighted by molar-refractivity contribution is 5.91. The molecule has 0 saturated carbocycles. The second kappa shape index (κ2) is 3.93. The van der Waals surface area contributed by atoms with Gasteiger partial charge >= 0.3 is 6.03 Å². The number of urea groups is 1. The Morgan fingerprint density at radius 3 is 2.73 bits per heavy atom. The number of carbonyl (C=O) groups excluding carboxylic acids is 1. The van der Waals surface area contributed by atoms with Gasteiger partial charge in [-0.25, -0.2) is 15.6 Å². The molecule has 0 fully saturated rings. The van der Waals surface area contributed by atoms with Crippen molar-refractivity contribution in [3.8, 4) is 0 Å². The second-order valence-electron chi connectivity index (χ2n) is 3.02. The van der Waals surface area contributed by atoms with Crippen molar-refractivity contribution in [1.82, 2.24) is 10.4 Å². The second-order valence-corrected chi connectivity index (χ2v) is 3.02. The van der Waals surface area contributed by atoms with Crippen LogP contribution in [0, 0.1) is 0 Å². The highest BCUT2D eigenvalue weighted by atomic mass is 16.2. The van der Waals surface area contributed by atoms with Crippen molar-refractivity contribution in [2.45, 2.75) is 0 Å². The Morgan fingerprint density at radius 2 is 2.00 bits per heavy atom. The van der Waals surface area contributed by atoms with Gasteiger partial charge in [-0.2, -0.15) is 0 Å². The SMILES string of the molecule is NNC(=O)Nc1cc2ccccc2cn1. The molecule has 0 aliphatic rings. The molecule has 2 rings (SSSR count). The number of hydrogen-bond acceptors (Lipinski definition) is 3. The van der Waals surface area contributed by atoms with Crippen molar-refractivity contribution in [2.75, 3.05) is 5.32 Å². The smallest absolute Gasteiger partial charge is 0.291 e. The third-order valence-corrected chi connectivity index (χ3v) is 2.00. The number of amides is 2. The molecule has 0 aliphatic heterocycles. The zero-order valence-electron chi connectivity index (χ0n) is 7.90. The van der Waals surface area contributed by atoms with Crippen LogP contribution in [-0.2, 0) is 0 Å². The molecule has 1 aromatic heterocycles. The van der Waals surface area contributed by atoms with E-state index in [-0.39, 0.29) is 0 Å². The van der Waals surface area contributed by atoms with Gasteiger partial charge in [0.2, 0.25) is 0 Å². The Kier molecular flexibility index (Phi) is 2.47. The topological polar surface area (TPSA) is 80.0 Å². The Hall–Kier alpha value is -2.14. The Labute approximate surface area is 86.3 Å². The number of carbonyl (C=O) groups is 1. The summed E-state index contributed by atoms with van der Waals surface area (Å²) >= 11 is 0. The van der Waals surface area contributed by atoms with E-state index in [4.69, 9.17) is 5.84 Å². The fourth-order valence-electron chi connectivity index (χ4n) is 1.30. The number of anilines is 1. The van der Waals surface area contributed by atoms with Crippen molar-refractivity contribution < 1.29 is 4.79 Å². The van der Waals surface area contributed by atoms with E-state index < -0.39 is 6.03 Å². The standard InChI is InChI=1S/C10H10N4O/c11-14-10(15)13-9-5-7-3-1-2-4-8(7)6-12-9/h1-6H,11H2,(H2,12,13,14,15). The summed E-state index contributed by atoms with van der Waals surface area (Å²) in [7, 11) is 0. The normalized spacial score (nSPS) is 9.93. The minimum absolute atomic E-state index is 0.469. The molecular formula is C10H10N4O. The molecule has 0 spiro atoms. The van der Waals surface area contributed by atoms with E-state index in [0.717, 1.165) is 10.8 Å². The van der Waals surface area contributed by atoms with Gasteiger partial charge in [-0.3, -0.25) is 10.7 Å². The van der Waals surface area contributed by atoms with Crippen LogP contribution in [0.25, 0.3) is 10.8 Å². The maximum Gasteiger partial charge on any atom is 0.334 e. The Morgan fingerprint density at radius 1 is 1.27 bits per heavy atom. The first kappa shape index (κ1) is 9.42. The summed E-state index contributed by atoms with van der Waals surface area (Å²) < 4.78 is 0. The van der Waals surface area contributed by atoms with E-state index in [1.807, 2.05) is 29.7 Å². The zero-order valence-corrected chi connectivity index (χ0v) is 7.90. The molecule has 0 bridgehead atoms. The summed E-state index contributed by atoms with van der Waals surface area (Å²) in [5, 5.41) is 4.54. The summed E-state index contributed by atoms with van der Waals surface area (Å²) in [4.78, 5) is 15.0. The quantitative estimate of drug-likeness (QED) is 0.369. The first-order valence-electron chi connectivity index (χ1n) is 4.42. The maximum absolute atomic E-state index is 10.9. The predicted octanol–water partition coefficient (Wildman–Crippen LogP) is 1.23. The molecule has 5 nitrogen and oxygen atoms in total. The van der Waals surface area contributed by atoms with E-state index >= 15 is 0 Å². The van der Waals surface area contributed by atoms with E-state index in [2.05, 4.69) is 10.3 Å². The van der Waals surface area contributed by atoms with Crippen LogP contribution in [0.3, 0.4) is 0 Å². The molecule has 15 heavy (non-hydrogen) atoms. The van der Waals surface area contributed by atoms with Crippen LogP contribution in [0.1, 0.15) is 0 Å². The lowest BCUT2D eigenvalue weighted by Gasteiger charge is -2.04. The molecule has 2 aromatic rings. The number of hydrogen-bond donors (Lipinski definition) is 3. The summed E-state index contributed by atoms with van der Waals surface area (Å²) in [6.45, 7) is 0. The number of pyridine rings is 1. The zero-order chi connectivity index (χ0) is 10.7. The monoisotopic (exact) mass is 202 g/mol. The van der Waals surface area contributed by atoms with Gasteiger partial charge in [0.15, 0.2) is 0 Å². The first-order chi connectivity index (χ1) is 7.29. The third-order valence-electron chi connectivity index (χ3n) is 2.00. The van der Waals surface area contributed by atoms with Crippen molar-refractivity contribution >= 4 is 22.6 Å². The molecule has 0 unspecified atom stereocenters. The average molecular weight is 202 g/mol. The molecule has 2 amide bonds. The third kappa shape index (κ3) is 2.03. The van der Waals surface area contributed by atoms with E-state index in [0.29, 0.717) is 5.82 Å². The lowest BCUT2D eigenvalue weighted by Crippen LogP contribution is -2.34. The molecule has 0 saturated heterocycles. The molecular weight excluding hydrogens is 192 g/mol. The number of aromatic nitrogens is 1. The van der Waals surface area contributed by atoms with Gasteiger partial charge < -0.3 is 0 Å². The van der Waals surface area contributed by atoms with Gasteiger partial charge in [0.1, 0.15) is 5.82 Å².